The molecule has 0 fully saturated rings. The van der Waals surface area contributed by atoms with Crippen LogP contribution in [0.15, 0.2) is 36.5 Å². The van der Waals surface area contributed by atoms with Crippen LogP contribution < -0.4 is 10.6 Å². The third-order valence-electron chi connectivity index (χ3n) is 3.71. The third-order valence-corrected chi connectivity index (χ3v) is 3.71. The summed E-state index contributed by atoms with van der Waals surface area (Å²) in [5.74, 6) is 0.494. The van der Waals surface area contributed by atoms with E-state index >= 15 is 0 Å². The molecule has 3 aromatic rings. The lowest BCUT2D eigenvalue weighted by molar-refractivity contribution is 0.0956. The van der Waals surface area contributed by atoms with E-state index in [4.69, 9.17) is 0 Å². The minimum absolute atomic E-state index is 0.113. The molecule has 6 nitrogen and oxygen atoms in total. The highest BCUT2D eigenvalue weighted by Gasteiger charge is 2.07. The van der Waals surface area contributed by atoms with Crippen molar-refractivity contribution in [2.24, 2.45) is 0 Å². The Labute approximate surface area is 140 Å². The van der Waals surface area contributed by atoms with Gasteiger partial charge in [-0.3, -0.25) is 4.79 Å². The van der Waals surface area contributed by atoms with Gasteiger partial charge in [-0.05, 0) is 51.1 Å². The van der Waals surface area contributed by atoms with Gasteiger partial charge in [0.05, 0.1) is 22.4 Å². The zero-order valence-electron chi connectivity index (χ0n) is 13.9. The first-order chi connectivity index (χ1) is 11.6. The van der Waals surface area contributed by atoms with Crippen LogP contribution in [0.25, 0.3) is 11.0 Å². The number of rotatable bonds is 4. The predicted octanol–water partition coefficient (Wildman–Crippen LogP) is 3.13. The lowest BCUT2D eigenvalue weighted by Gasteiger charge is -2.09. The summed E-state index contributed by atoms with van der Waals surface area (Å²) < 4.78 is 0. The molecule has 1 aromatic carbocycles. The van der Waals surface area contributed by atoms with E-state index in [1.807, 2.05) is 39.0 Å². The van der Waals surface area contributed by atoms with Crippen LogP contribution in [-0.2, 0) is 0 Å². The average Bonchev–Trinajstić information content (AvgIpc) is 2.57. The highest BCUT2D eigenvalue weighted by molar-refractivity contribution is 5.95. The van der Waals surface area contributed by atoms with Crippen molar-refractivity contribution in [3.05, 3.63) is 53.5 Å². The molecule has 2 aromatic heterocycles. The van der Waals surface area contributed by atoms with Crippen molar-refractivity contribution < 1.29 is 4.79 Å². The summed E-state index contributed by atoms with van der Waals surface area (Å²) in [5.41, 5.74) is 4.94. The second kappa shape index (κ2) is 6.62. The SMILES string of the molecule is CCNC(=O)c1ccnc(Nc2ccc3nc(C)c(C)nc3c2)c1. The van der Waals surface area contributed by atoms with E-state index in [-0.39, 0.29) is 5.91 Å². The number of hydrogen-bond donors (Lipinski definition) is 2. The summed E-state index contributed by atoms with van der Waals surface area (Å²) >= 11 is 0. The second-order valence-corrected chi connectivity index (χ2v) is 5.51. The summed E-state index contributed by atoms with van der Waals surface area (Å²) in [5, 5.41) is 5.98. The van der Waals surface area contributed by atoms with Gasteiger partial charge in [-0.25, -0.2) is 15.0 Å². The number of aromatic nitrogens is 3. The van der Waals surface area contributed by atoms with Gasteiger partial charge in [0.2, 0.25) is 0 Å². The van der Waals surface area contributed by atoms with Crippen LogP contribution >= 0.6 is 0 Å². The fourth-order valence-corrected chi connectivity index (χ4v) is 2.36. The molecular weight excluding hydrogens is 302 g/mol. The normalized spacial score (nSPS) is 10.6. The average molecular weight is 321 g/mol. The third kappa shape index (κ3) is 3.32. The first-order valence-electron chi connectivity index (χ1n) is 7.83. The first-order valence-corrected chi connectivity index (χ1v) is 7.83. The lowest BCUT2D eigenvalue weighted by Crippen LogP contribution is -2.22. The van der Waals surface area contributed by atoms with Crippen LogP contribution in [0.3, 0.4) is 0 Å². The van der Waals surface area contributed by atoms with Gasteiger partial charge in [0.15, 0.2) is 0 Å². The molecule has 3 rings (SSSR count). The number of nitrogens with zero attached hydrogens (tertiary/aromatic N) is 3. The van der Waals surface area contributed by atoms with Gasteiger partial charge < -0.3 is 10.6 Å². The van der Waals surface area contributed by atoms with Crippen LogP contribution in [0.5, 0.6) is 0 Å². The Hall–Kier alpha value is -3.02. The molecule has 0 saturated heterocycles. The van der Waals surface area contributed by atoms with Crippen LogP contribution in [0.1, 0.15) is 28.7 Å². The van der Waals surface area contributed by atoms with Crippen molar-refractivity contribution in [2.45, 2.75) is 20.8 Å². The second-order valence-electron chi connectivity index (χ2n) is 5.51. The number of benzene rings is 1. The summed E-state index contributed by atoms with van der Waals surface area (Å²) in [4.78, 5) is 25.3. The molecule has 0 aliphatic heterocycles. The van der Waals surface area contributed by atoms with Crippen LogP contribution in [0.2, 0.25) is 0 Å². The van der Waals surface area contributed by atoms with E-state index in [1.165, 1.54) is 0 Å². The topological polar surface area (TPSA) is 79.8 Å². The molecule has 0 radical (unpaired) electrons. The van der Waals surface area contributed by atoms with Crippen LogP contribution in [0.4, 0.5) is 11.5 Å². The molecule has 24 heavy (non-hydrogen) atoms. The molecule has 0 atom stereocenters. The highest BCUT2D eigenvalue weighted by atomic mass is 16.1. The number of anilines is 2. The number of fused-ring (bicyclic) bond motifs is 1. The number of carbonyl (C=O) groups is 1. The van der Waals surface area contributed by atoms with Gasteiger partial charge >= 0.3 is 0 Å². The largest absolute Gasteiger partial charge is 0.352 e. The van der Waals surface area contributed by atoms with E-state index < -0.39 is 0 Å². The predicted molar refractivity (Wildman–Crippen MR) is 94.5 cm³/mol. The van der Waals surface area contributed by atoms with Crippen molar-refractivity contribution in [1.82, 2.24) is 20.3 Å². The van der Waals surface area contributed by atoms with Crippen LogP contribution in [-0.4, -0.2) is 27.4 Å². The first kappa shape index (κ1) is 15.9. The molecule has 0 unspecified atom stereocenters. The number of amides is 1. The monoisotopic (exact) mass is 321 g/mol. The quantitative estimate of drug-likeness (QED) is 0.771. The van der Waals surface area contributed by atoms with E-state index in [2.05, 4.69) is 25.6 Å². The Kier molecular flexibility index (Phi) is 4.37. The summed E-state index contributed by atoms with van der Waals surface area (Å²) in [6.45, 7) is 6.37. The smallest absolute Gasteiger partial charge is 0.251 e. The van der Waals surface area contributed by atoms with E-state index in [1.54, 1.807) is 18.3 Å². The zero-order chi connectivity index (χ0) is 17.1. The molecule has 122 valence electrons. The molecule has 0 spiro atoms. The zero-order valence-corrected chi connectivity index (χ0v) is 13.9. The molecular formula is C18H19N5O. The maximum atomic E-state index is 11.9. The van der Waals surface area contributed by atoms with Gasteiger partial charge in [-0.2, -0.15) is 0 Å². The highest BCUT2D eigenvalue weighted by Crippen LogP contribution is 2.20. The Bertz CT molecular complexity index is 907. The van der Waals surface area contributed by atoms with Crippen molar-refractivity contribution in [3.8, 4) is 0 Å². The minimum atomic E-state index is -0.113. The fraction of sp³-hybridized carbons (Fsp3) is 0.222. The van der Waals surface area contributed by atoms with Gasteiger partial charge in [0.25, 0.3) is 5.91 Å². The van der Waals surface area contributed by atoms with Gasteiger partial charge in [0, 0.05) is 24.0 Å². The summed E-state index contributed by atoms with van der Waals surface area (Å²) in [6.07, 6.45) is 1.61. The molecule has 0 bridgehead atoms. The van der Waals surface area contributed by atoms with E-state index in [0.717, 1.165) is 28.1 Å². The fourth-order valence-electron chi connectivity index (χ4n) is 2.36. The minimum Gasteiger partial charge on any atom is -0.352 e. The molecule has 0 aliphatic rings. The maximum absolute atomic E-state index is 11.9. The lowest BCUT2D eigenvalue weighted by atomic mass is 10.2. The number of hydrogen-bond acceptors (Lipinski definition) is 5. The Morgan fingerprint density at radius 3 is 2.54 bits per heavy atom. The van der Waals surface area contributed by atoms with E-state index in [0.29, 0.717) is 17.9 Å². The molecule has 0 saturated carbocycles. The van der Waals surface area contributed by atoms with Crippen molar-refractivity contribution in [3.63, 3.8) is 0 Å². The molecule has 2 heterocycles. The molecule has 2 N–H and O–H groups in total. The van der Waals surface area contributed by atoms with Gasteiger partial charge in [0.1, 0.15) is 5.82 Å². The number of nitrogens with one attached hydrogen (secondary N) is 2. The Morgan fingerprint density at radius 2 is 1.79 bits per heavy atom. The molecule has 6 heteroatoms. The van der Waals surface area contributed by atoms with E-state index in [9.17, 15) is 4.79 Å². The maximum Gasteiger partial charge on any atom is 0.251 e. The number of aryl methyl sites for hydroxylation is 2. The van der Waals surface area contributed by atoms with Gasteiger partial charge in [-0.1, -0.05) is 0 Å². The van der Waals surface area contributed by atoms with Crippen molar-refractivity contribution in [2.75, 3.05) is 11.9 Å². The van der Waals surface area contributed by atoms with Crippen molar-refractivity contribution in [1.29, 1.82) is 0 Å². The van der Waals surface area contributed by atoms with Crippen LogP contribution in [0, 0.1) is 13.8 Å². The standard InChI is InChI=1S/C18H19N5O/c1-4-19-18(24)13-7-8-20-17(9-13)23-14-5-6-15-16(10-14)22-12(3)11(2)21-15/h5-10H,4H2,1-3H3,(H,19,24)(H,20,23). The molecule has 0 aliphatic carbocycles. The Balaban J connectivity index is 1.88. The Morgan fingerprint density at radius 1 is 1.04 bits per heavy atom. The summed E-state index contributed by atoms with van der Waals surface area (Å²) in [6, 6.07) is 9.18. The molecule has 1 amide bonds. The summed E-state index contributed by atoms with van der Waals surface area (Å²) in [7, 11) is 0. The number of pyridine rings is 1. The van der Waals surface area contributed by atoms with Crippen molar-refractivity contribution >= 4 is 28.4 Å². The van der Waals surface area contributed by atoms with Gasteiger partial charge in [-0.15, -0.1) is 0 Å². The number of carbonyl (C=O) groups excluding carboxylic acids is 1.